The van der Waals surface area contributed by atoms with Crippen LogP contribution in [0.25, 0.3) is 0 Å². The summed E-state index contributed by atoms with van der Waals surface area (Å²) in [6.45, 7) is 0.771. The van der Waals surface area contributed by atoms with E-state index in [0.717, 1.165) is 19.7 Å². The van der Waals surface area contributed by atoms with Gasteiger partial charge in [-0.2, -0.15) is 11.8 Å². The summed E-state index contributed by atoms with van der Waals surface area (Å²) in [4.78, 5) is 12.2. The molecule has 1 amide bonds. The number of thiophene rings is 1. The molecule has 0 spiro atoms. The molecule has 1 aliphatic rings. The first-order valence-electron chi connectivity index (χ1n) is 6.34. The fourth-order valence-electron chi connectivity index (χ4n) is 2.48. The van der Waals surface area contributed by atoms with Gasteiger partial charge in [0.05, 0.1) is 13.1 Å². The Labute approximate surface area is 139 Å². The van der Waals surface area contributed by atoms with Crippen molar-refractivity contribution in [3.63, 3.8) is 0 Å². The van der Waals surface area contributed by atoms with E-state index in [2.05, 4.69) is 43.4 Å². The summed E-state index contributed by atoms with van der Waals surface area (Å²) in [5.41, 5.74) is 0.726. The highest BCUT2D eigenvalue weighted by molar-refractivity contribution is 9.12. The molecule has 1 heterocycles. The Morgan fingerprint density at radius 2 is 2.11 bits per heavy atom. The Balaban J connectivity index is 1.97. The van der Waals surface area contributed by atoms with Crippen LogP contribution in [0.4, 0.5) is 0 Å². The second kappa shape index (κ2) is 6.96. The Kier molecular flexibility index (Phi) is 5.81. The zero-order valence-electron chi connectivity index (χ0n) is 10.8. The van der Waals surface area contributed by atoms with Crippen molar-refractivity contribution in [2.75, 3.05) is 12.8 Å². The third-order valence-corrected chi connectivity index (χ3v) is 7.43. The molecule has 2 rings (SSSR count). The first-order valence-corrected chi connectivity index (χ1v) is 9.97. The van der Waals surface area contributed by atoms with Crippen LogP contribution in [0.3, 0.4) is 0 Å². The predicted molar refractivity (Wildman–Crippen MR) is 91.4 cm³/mol. The van der Waals surface area contributed by atoms with Crippen molar-refractivity contribution < 1.29 is 4.79 Å². The quantitative estimate of drug-likeness (QED) is 0.727. The molecule has 106 valence electrons. The van der Waals surface area contributed by atoms with Gasteiger partial charge in [0.1, 0.15) is 0 Å². The maximum atomic E-state index is 12.2. The number of nitrogens with one attached hydrogen (secondary N) is 1. The van der Waals surface area contributed by atoms with Crippen LogP contribution in [0.1, 0.15) is 42.5 Å². The van der Waals surface area contributed by atoms with Gasteiger partial charge in [-0.3, -0.25) is 4.79 Å². The second-order valence-electron chi connectivity index (χ2n) is 4.87. The molecule has 0 aliphatic heterocycles. The largest absolute Gasteiger partial charge is 0.351 e. The smallest absolute Gasteiger partial charge is 0.253 e. The first kappa shape index (κ1) is 15.9. The van der Waals surface area contributed by atoms with Crippen molar-refractivity contribution in [3.05, 3.63) is 19.2 Å². The predicted octanol–water partition coefficient (Wildman–Crippen LogP) is 5.07. The van der Waals surface area contributed by atoms with Crippen LogP contribution >= 0.6 is 55.0 Å². The minimum absolute atomic E-state index is 0.0211. The van der Waals surface area contributed by atoms with Gasteiger partial charge in [-0.05, 0) is 57.0 Å². The molecule has 0 unspecified atom stereocenters. The first-order chi connectivity index (χ1) is 9.06. The van der Waals surface area contributed by atoms with Gasteiger partial charge >= 0.3 is 0 Å². The molecule has 2 nitrogen and oxygen atoms in total. The van der Waals surface area contributed by atoms with Gasteiger partial charge in [0.2, 0.25) is 0 Å². The van der Waals surface area contributed by atoms with E-state index in [9.17, 15) is 4.79 Å². The van der Waals surface area contributed by atoms with Crippen molar-refractivity contribution in [2.45, 2.75) is 36.9 Å². The van der Waals surface area contributed by atoms with Crippen molar-refractivity contribution in [1.29, 1.82) is 0 Å². The molecular formula is C13H17Br2NOS2. The van der Waals surface area contributed by atoms with Crippen LogP contribution in [-0.4, -0.2) is 23.5 Å². The van der Waals surface area contributed by atoms with E-state index in [-0.39, 0.29) is 10.7 Å². The summed E-state index contributed by atoms with van der Waals surface area (Å²) in [5.74, 6) is 0.0211. The van der Waals surface area contributed by atoms with Crippen LogP contribution in [-0.2, 0) is 0 Å². The Morgan fingerprint density at radius 1 is 1.42 bits per heavy atom. The van der Waals surface area contributed by atoms with Crippen LogP contribution < -0.4 is 5.32 Å². The van der Waals surface area contributed by atoms with Crippen molar-refractivity contribution in [1.82, 2.24) is 5.32 Å². The highest BCUT2D eigenvalue weighted by Crippen LogP contribution is 2.38. The Hall–Kier alpha value is 0.480. The monoisotopic (exact) mass is 425 g/mol. The number of carbonyl (C=O) groups is 1. The summed E-state index contributed by atoms with van der Waals surface area (Å²) < 4.78 is 2.11. The Morgan fingerprint density at radius 3 is 2.63 bits per heavy atom. The molecule has 0 atom stereocenters. The van der Waals surface area contributed by atoms with E-state index in [1.54, 1.807) is 0 Å². The molecule has 0 bridgehead atoms. The summed E-state index contributed by atoms with van der Waals surface area (Å²) in [5, 5.41) is 3.11. The molecular weight excluding hydrogens is 410 g/mol. The van der Waals surface area contributed by atoms with Gasteiger partial charge < -0.3 is 5.32 Å². The van der Waals surface area contributed by atoms with Crippen molar-refractivity contribution in [2.24, 2.45) is 0 Å². The van der Waals surface area contributed by atoms with Gasteiger partial charge in [0, 0.05) is 11.3 Å². The van der Waals surface area contributed by atoms with Crippen molar-refractivity contribution >= 4 is 60.9 Å². The highest BCUT2D eigenvalue weighted by Gasteiger charge is 2.31. The molecule has 1 aromatic rings. The van der Waals surface area contributed by atoms with Gasteiger partial charge in [-0.1, -0.05) is 19.3 Å². The molecule has 0 aromatic carbocycles. The van der Waals surface area contributed by atoms with Gasteiger partial charge in [-0.25, -0.2) is 0 Å². The Bertz CT molecular complexity index is 455. The summed E-state index contributed by atoms with van der Waals surface area (Å²) in [6, 6.07) is 1.87. The molecule has 1 aliphatic carbocycles. The fourth-order valence-corrected chi connectivity index (χ4v) is 6.19. The van der Waals surface area contributed by atoms with E-state index >= 15 is 0 Å². The van der Waals surface area contributed by atoms with E-state index in [0.29, 0.717) is 0 Å². The van der Waals surface area contributed by atoms with Crippen LogP contribution in [0.2, 0.25) is 0 Å². The van der Waals surface area contributed by atoms with Gasteiger partial charge in [-0.15, -0.1) is 11.3 Å². The molecule has 0 radical (unpaired) electrons. The minimum Gasteiger partial charge on any atom is -0.351 e. The second-order valence-corrected chi connectivity index (χ2v) is 9.89. The van der Waals surface area contributed by atoms with Crippen LogP contribution in [0.5, 0.6) is 0 Å². The molecule has 0 saturated heterocycles. The molecule has 1 aromatic heterocycles. The average Bonchev–Trinajstić information content (AvgIpc) is 2.76. The number of rotatable bonds is 4. The molecule has 6 heteroatoms. The third-order valence-electron chi connectivity index (χ3n) is 3.67. The molecule has 1 N–H and O–H groups in total. The molecule has 1 fully saturated rings. The summed E-state index contributed by atoms with van der Waals surface area (Å²) in [7, 11) is 0. The van der Waals surface area contributed by atoms with Gasteiger partial charge in [0.15, 0.2) is 0 Å². The lowest BCUT2D eigenvalue weighted by Gasteiger charge is -2.35. The van der Waals surface area contributed by atoms with E-state index in [1.807, 2.05) is 17.8 Å². The lowest BCUT2D eigenvalue weighted by molar-refractivity contribution is 0.0946. The maximum Gasteiger partial charge on any atom is 0.253 e. The zero-order chi connectivity index (χ0) is 13.9. The van der Waals surface area contributed by atoms with E-state index in [1.165, 1.54) is 43.4 Å². The van der Waals surface area contributed by atoms with Crippen LogP contribution in [0, 0.1) is 0 Å². The summed E-state index contributed by atoms with van der Waals surface area (Å²) >= 11 is 10.3. The zero-order valence-corrected chi connectivity index (χ0v) is 15.6. The number of halogens is 2. The standard InChI is InChI=1S/C13H17Br2NOS2/c1-18-13(5-3-2-4-6-13)8-16-12(17)9-7-10(14)19-11(9)15/h7H,2-6,8H2,1H3,(H,16,17). The SMILES string of the molecule is CSC1(CNC(=O)c2cc(Br)sc2Br)CCCCC1. The topological polar surface area (TPSA) is 29.1 Å². The van der Waals surface area contributed by atoms with Crippen molar-refractivity contribution in [3.8, 4) is 0 Å². The van der Waals surface area contributed by atoms with Gasteiger partial charge in [0.25, 0.3) is 5.91 Å². The average molecular weight is 427 g/mol. The third kappa shape index (κ3) is 3.99. The number of carbonyl (C=O) groups excluding carboxylic acids is 1. The van der Waals surface area contributed by atoms with E-state index < -0.39 is 0 Å². The molecule has 1 saturated carbocycles. The maximum absolute atomic E-state index is 12.2. The lowest BCUT2D eigenvalue weighted by Crippen LogP contribution is -2.41. The normalized spacial score (nSPS) is 18.3. The number of hydrogen-bond donors (Lipinski definition) is 1. The van der Waals surface area contributed by atoms with E-state index in [4.69, 9.17) is 0 Å². The number of hydrogen-bond acceptors (Lipinski definition) is 3. The number of thioether (sulfide) groups is 1. The van der Waals surface area contributed by atoms with Crippen LogP contribution in [0.15, 0.2) is 13.6 Å². The fraction of sp³-hybridized carbons (Fsp3) is 0.615. The minimum atomic E-state index is 0.0211. The number of amides is 1. The molecule has 19 heavy (non-hydrogen) atoms. The highest BCUT2D eigenvalue weighted by atomic mass is 79.9. The lowest BCUT2D eigenvalue weighted by atomic mass is 9.88. The summed E-state index contributed by atoms with van der Waals surface area (Å²) in [6.07, 6.45) is 8.48.